The van der Waals surface area contributed by atoms with Crippen molar-refractivity contribution in [1.29, 1.82) is 10.5 Å². The van der Waals surface area contributed by atoms with E-state index in [2.05, 4.69) is 4.98 Å². The van der Waals surface area contributed by atoms with Crippen molar-refractivity contribution >= 4 is 11.8 Å². The van der Waals surface area contributed by atoms with E-state index in [0.717, 1.165) is 0 Å². The van der Waals surface area contributed by atoms with Crippen LogP contribution in [-0.4, -0.2) is 16.1 Å². The van der Waals surface area contributed by atoms with Crippen LogP contribution in [0.4, 0.5) is 5.82 Å². The number of pyridine rings is 1. The molecule has 0 fully saturated rings. The quantitative estimate of drug-likeness (QED) is 0.609. The summed E-state index contributed by atoms with van der Waals surface area (Å²) in [6.07, 6.45) is -1.21. The molecule has 8 heteroatoms. The van der Waals surface area contributed by atoms with E-state index in [4.69, 9.17) is 10.5 Å². The predicted octanol–water partition coefficient (Wildman–Crippen LogP) is 2.57. The number of aromatic nitrogens is 1. The normalized spacial score (nSPS) is 11.1. The number of nitrogens with two attached hydrogens (primary N) is 1. The number of carboxylic acids is 1. The summed E-state index contributed by atoms with van der Waals surface area (Å²) in [6, 6.07) is 18.2. The highest BCUT2D eigenvalue weighted by Crippen LogP contribution is 2.30. The minimum Gasteiger partial charge on any atom is -0.478 e. The lowest BCUT2D eigenvalue weighted by molar-refractivity contribution is -0.145. The minimum atomic E-state index is -1.21. The maximum atomic E-state index is 12.0. The fourth-order valence-corrected chi connectivity index (χ4v) is 2.86. The van der Waals surface area contributed by atoms with Gasteiger partial charge in [0, 0.05) is 11.1 Å². The van der Waals surface area contributed by atoms with Gasteiger partial charge in [-0.05, 0) is 17.7 Å². The van der Waals surface area contributed by atoms with Gasteiger partial charge in [-0.2, -0.15) is 10.5 Å². The van der Waals surface area contributed by atoms with E-state index in [0.29, 0.717) is 11.1 Å². The molecule has 0 amide bonds. The first-order valence-corrected chi connectivity index (χ1v) is 8.37. The topological polar surface area (TPSA) is 153 Å². The lowest BCUT2D eigenvalue weighted by atomic mass is 9.96. The Kier molecular flexibility index (Phi) is 5.29. The van der Waals surface area contributed by atoms with Gasteiger partial charge in [0.2, 0.25) is 6.10 Å². The Bertz CT molecular complexity index is 1200. The Morgan fingerprint density at radius 2 is 1.66 bits per heavy atom. The van der Waals surface area contributed by atoms with Gasteiger partial charge in [-0.3, -0.25) is 4.79 Å². The van der Waals surface area contributed by atoms with Gasteiger partial charge in [0.1, 0.15) is 34.8 Å². The number of nitrogen functional groups attached to an aromatic ring is 1. The molecular weight excluding hydrogens is 372 g/mol. The first kappa shape index (κ1) is 19.2. The van der Waals surface area contributed by atoms with E-state index >= 15 is 0 Å². The summed E-state index contributed by atoms with van der Waals surface area (Å²) in [5, 5.41) is 28.2. The second-order valence-electron chi connectivity index (χ2n) is 5.99. The van der Waals surface area contributed by atoms with Gasteiger partial charge < -0.3 is 20.6 Å². The van der Waals surface area contributed by atoms with Crippen LogP contribution in [0.2, 0.25) is 0 Å². The van der Waals surface area contributed by atoms with Crippen LogP contribution in [0.1, 0.15) is 22.8 Å². The van der Waals surface area contributed by atoms with Crippen LogP contribution in [0.5, 0.6) is 5.75 Å². The molecule has 0 aliphatic carbocycles. The van der Waals surface area contributed by atoms with Crippen molar-refractivity contribution in [2.24, 2.45) is 0 Å². The number of carbonyl (C=O) groups is 1. The zero-order valence-corrected chi connectivity index (χ0v) is 14.9. The van der Waals surface area contributed by atoms with Crippen molar-refractivity contribution in [2.75, 3.05) is 5.73 Å². The third-order valence-electron chi connectivity index (χ3n) is 4.19. The molecule has 0 bridgehead atoms. The maximum absolute atomic E-state index is 12.0. The summed E-state index contributed by atoms with van der Waals surface area (Å²) in [7, 11) is 0. The van der Waals surface area contributed by atoms with Gasteiger partial charge in [0.15, 0.2) is 0 Å². The van der Waals surface area contributed by atoms with Gasteiger partial charge in [0.25, 0.3) is 5.56 Å². The number of aliphatic carboxylic acids is 1. The first-order valence-electron chi connectivity index (χ1n) is 8.37. The first-order chi connectivity index (χ1) is 14.0. The van der Waals surface area contributed by atoms with Crippen molar-refractivity contribution in [3.63, 3.8) is 0 Å². The van der Waals surface area contributed by atoms with Crippen LogP contribution in [0.3, 0.4) is 0 Å². The Labute approximate surface area is 165 Å². The second kappa shape index (κ2) is 7.99. The largest absolute Gasteiger partial charge is 0.478 e. The number of carboxylic acid groups (broad SMARTS) is 1. The highest BCUT2D eigenvalue weighted by molar-refractivity contribution is 5.80. The standard InChI is InChI=1S/C21H14N4O4/c22-10-15-17(16(11-23)20(26)25-19(15)24)12-6-8-14(9-7-12)29-18(21(27)28)13-4-2-1-3-5-13/h1-9,18H,(H,27,28)(H3,24,25,26). The number of rotatable bonds is 5. The van der Waals surface area contributed by atoms with Crippen molar-refractivity contribution in [3.8, 4) is 29.0 Å². The van der Waals surface area contributed by atoms with Crippen LogP contribution in [0, 0.1) is 22.7 Å². The highest BCUT2D eigenvalue weighted by atomic mass is 16.5. The summed E-state index contributed by atoms with van der Waals surface area (Å²) in [6.45, 7) is 0. The Morgan fingerprint density at radius 3 is 2.21 bits per heavy atom. The lowest BCUT2D eigenvalue weighted by Gasteiger charge is -2.16. The number of nitrogens with one attached hydrogen (secondary N) is 1. The third kappa shape index (κ3) is 3.77. The van der Waals surface area contributed by atoms with E-state index in [-0.39, 0.29) is 28.3 Å². The summed E-state index contributed by atoms with van der Waals surface area (Å²) in [5.41, 5.74) is 5.73. The molecule has 1 heterocycles. The molecule has 0 aliphatic heterocycles. The highest BCUT2D eigenvalue weighted by Gasteiger charge is 2.22. The number of anilines is 1. The Morgan fingerprint density at radius 1 is 1.03 bits per heavy atom. The summed E-state index contributed by atoms with van der Waals surface area (Å²) >= 11 is 0. The predicted molar refractivity (Wildman–Crippen MR) is 104 cm³/mol. The number of nitriles is 2. The minimum absolute atomic E-state index is 0.0254. The second-order valence-corrected chi connectivity index (χ2v) is 5.99. The fourth-order valence-electron chi connectivity index (χ4n) is 2.86. The molecule has 0 radical (unpaired) electrons. The van der Waals surface area contributed by atoms with E-state index in [1.165, 1.54) is 24.3 Å². The Balaban J connectivity index is 2.00. The van der Waals surface area contributed by atoms with Crippen LogP contribution >= 0.6 is 0 Å². The van der Waals surface area contributed by atoms with Crippen molar-refractivity contribution in [1.82, 2.24) is 4.98 Å². The molecule has 0 saturated carbocycles. The molecule has 4 N–H and O–H groups in total. The molecule has 3 aromatic rings. The van der Waals surface area contributed by atoms with Gasteiger partial charge in [-0.25, -0.2) is 4.79 Å². The van der Waals surface area contributed by atoms with Gasteiger partial charge in [0.05, 0.1) is 0 Å². The molecule has 8 nitrogen and oxygen atoms in total. The SMILES string of the molecule is N#Cc1c(N)[nH]c(=O)c(C#N)c1-c1ccc(OC(C(=O)O)c2ccccc2)cc1. The molecule has 1 unspecified atom stereocenters. The molecule has 29 heavy (non-hydrogen) atoms. The van der Waals surface area contributed by atoms with E-state index in [1.54, 1.807) is 36.4 Å². The number of benzene rings is 2. The van der Waals surface area contributed by atoms with Gasteiger partial charge in [-0.15, -0.1) is 0 Å². The molecule has 2 aromatic carbocycles. The number of hydrogen-bond donors (Lipinski definition) is 3. The summed E-state index contributed by atoms with van der Waals surface area (Å²) < 4.78 is 5.59. The number of ether oxygens (including phenoxy) is 1. The van der Waals surface area contributed by atoms with Crippen molar-refractivity contribution < 1.29 is 14.6 Å². The van der Waals surface area contributed by atoms with Crippen molar-refractivity contribution in [2.45, 2.75) is 6.10 Å². The smallest absolute Gasteiger partial charge is 0.349 e. The summed E-state index contributed by atoms with van der Waals surface area (Å²) in [5.74, 6) is -1.03. The molecule has 1 aromatic heterocycles. The van der Waals surface area contributed by atoms with E-state index in [9.17, 15) is 25.2 Å². The third-order valence-corrected chi connectivity index (χ3v) is 4.19. The summed E-state index contributed by atoms with van der Waals surface area (Å²) in [4.78, 5) is 25.9. The molecular formula is C21H14N4O4. The lowest BCUT2D eigenvalue weighted by Crippen LogP contribution is -2.18. The van der Waals surface area contributed by atoms with E-state index < -0.39 is 17.6 Å². The van der Waals surface area contributed by atoms with Gasteiger partial charge in [-0.1, -0.05) is 42.5 Å². The van der Waals surface area contributed by atoms with Crippen molar-refractivity contribution in [3.05, 3.63) is 81.6 Å². The molecule has 0 saturated heterocycles. The fraction of sp³-hybridized carbons (Fsp3) is 0.0476. The molecule has 0 aliphatic rings. The van der Waals surface area contributed by atoms with E-state index in [1.807, 2.05) is 6.07 Å². The van der Waals surface area contributed by atoms with Crippen LogP contribution in [-0.2, 0) is 4.79 Å². The molecule has 3 rings (SSSR count). The molecule has 1 atom stereocenters. The number of H-pyrrole nitrogens is 1. The monoisotopic (exact) mass is 386 g/mol. The van der Waals surface area contributed by atoms with Crippen LogP contribution in [0.15, 0.2) is 59.4 Å². The zero-order valence-electron chi connectivity index (χ0n) is 14.9. The molecule has 0 spiro atoms. The van der Waals surface area contributed by atoms with Crippen LogP contribution in [0.25, 0.3) is 11.1 Å². The van der Waals surface area contributed by atoms with Gasteiger partial charge >= 0.3 is 5.97 Å². The Hall–Kier alpha value is -4.56. The number of nitrogens with zero attached hydrogens (tertiary/aromatic N) is 2. The maximum Gasteiger partial charge on any atom is 0.349 e. The van der Waals surface area contributed by atoms with Crippen LogP contribution < -0.4 is 16.0 Å². The zero-order chi connectivity index (χ0) is 21.0. The average Bonchev–Trinajstić information content (AvgIpc) is 2.72. The number of aromatic amines is 1. The number of hydrogen-bond acceptors (Lipinski definition) is 6. The average molecular weight is 386 g/mol. The molecule has 142 valence electrons.